The van der Waals surface area contributed by atoms with Gasteiger partial charge >= 0.3 is 5.97 Å². The van der Waals surface area contributed by atoms with Crippen LogP contribution in [0.1, 0.15) is 35.9 Å². The molecule has 0 bridgehead atoms. The predicted octanol–water partition coefficient (Wildman–Crippen LogP) is 3.36. The van der Waals surface area contributed by atoms with Crippen LogP contribution >= 0.6 is 11.8 Å². The molecule has 4 aromatic rings. The number of fused-ring (bicyclic) bond motifs is 1. The zero-order chi connectivity index (χ0) is 21.3. The maximum Gasteiger partial charge on any atom is 0.311 e. The highest BCUT2D eigenvalue weighted by molar-refractivity contribution is 7.98. The Labute approximate surface area is 176 Å². The molecule has 0 amide bonds. The molecule has 4 rings (SSSR count). The summed E-state index contributed by atoms with van der Waals surface area (Å²) in [4.78, 5) is 21.4. The lowest BCUT2D eigenvalue weighted by Crippen LogP contribution is -2.15. The van der Waals surface area contributed by atoms with E-state index in [-0.39, 0.29) is 12.3 Å². The van der Waals surface area contributed by atoms with E-state index in [4.69, 9.17) is 9.15 Å². The highest BCUT2D eigenvalue weighted by atomic mass is 32.2. The summed E-state index contributed by atoms with van der Waals surface area (Å²) in [5.74, 6) is 0.717. The van der Waals surface area contributed by atoms with E-state index in [1.165, 1.54) is 11.8 Å². The Kier molecular flexibility index (Phi) is 5.49. The van der Waals surface area contributed by atoms with Crippen molar-refractivity contribution < 1.29 is 13.9 Å². The molecule has 0 N–H and O–H groups in total. The molecule has 0 saturated carbocycles. The number of thioether (sulfide) groups is 1. The average molecular weight is 424 g/mol. The molecular formula is C20H20N6O3S. The van der Waals surface area contributed by atoms with Crippen molar-refractivity contribution in [2.24, 2.45) is 0 Å². The van der Waals surface area contributed by atoms with Crippen LogP contribution in [0.2, 0.25) is 0 Å². The van der Waals surface area contributed by atoms with E-state index in [1.54, 1.807) is 11.4 Å². The molecule has 3 aromatic heterocycles. The van der Waals surface area contributed by atoms with Crippen LogP contribution in [0.25, 0.3) is 17.2 Å². The number of carbonyl (C=O) groups is 1. The van der Waals surface area contributed by atoms with Gasteiger partial charge in [-0.15, -0.1) is 15.3 Å². The van der Waals surface area contributed by atoms with Crippen molar-refractivity contribution in [3.63, 3.8) is 0 Å². The lowest BCUT2D eigenvalue weighted by Gasteiger charge is -2.12. The average Bonchev–Trinajstić information content (AvgIpc) is 3.39. The smallest absolute Gasteiger partial charge is 0.311 e. The highest BCUT2D eigenvalue weighted by Crippen LogP contribution is 2.23. The first kappa shape index (κ1) is 20.0. The van der Waals surface area contributed by atoms with Gasteiger partial charge in [-0.25, -0.2) is 9.50 Å². The maximum atomic E-state index is 12.6. The maximum absolute atomic E-state index is 12.6. The second-order valence-electron chi connectivity index (χ2n) is 6.69. The first-order chi connectivity index (χ1) is 14.5. The van der Waals surface area contributed by atoms with Gasteiger partial charge in [-0.1, -0.05) is 30.0 Å². The van der Waals surface area contributed by atoms with Gasteiger partial charge in [0.05, 0.1) is 6.42 Å². The van der Waals surface area contributed by atoms with E-state index in [9.17, 15) is 4.79 Å². The number of esters is 1. The Balaban J connectivity index is 1.49. The van der Waals surface area contributed by atoms with Gasteiger partial charge < -0.3 is 9.15 Å². The monoisotopic (exact) mass is 424 g/mol. The van der Waals surface area contributed by atoms with E-state index in [0.29, 0.717) is 22.5 Å². The van der Waals surface area contributed by atoms with Gasteiger partial charge in [0.2, 0.25) is 11.0 Å². The standard InChI is InChI=1S/C20H20N6O3S/c1-11-15(12(2)26-19(21-11)22-20(25-26)30-4)10-16(27)28-13(3)17-23-24-18(29-17)14-8-6-5-7-9-14/h5-9,13H,10H2,1-4H3. The fourth-order valence-corrected chi connectivity index (χ4v) is 3.40. The van der Waals surface area contributed by atoms with Gasteiger partial charge in [-0.05, 0) is 39.2 Å². The van der Waals surface area contributed by atoms with Crippen LogP contribution in [0.5, 0.6) is 0 Å². The minimum absolute atomic E-state index is 0.0547. The van der Waals surface area contributed by atoms with Gasteiger partial charge in [0, 0.05) is 22.5 Å². The number of aryl methyl sites for hydroxylation is 2. The fraction of sp³-hybridized carbons (Fsp3) is 0.300. The number of ether oxygens (including phenoxy) is 1. The van der Waals surface area contributed by atoms with Gasteiger partial charge in [0.1, 0.15) is 0 Å². The normalized spacial score (nSPS) is 12.3. The van der Waals surface area contributed by atoms with Crippen LogP contribution < -0.4 is 0 Å². The molecule has 0 aliphatic rings. The molecule has 10 heteroatoms. The summed E-state index contributed by atoms with van der Waals surface area (Å²) in [5, 5.41) is 13.1. The van der Waals surface area contributed by atoms with Crippen molar-refractivity contribution in [3.05, 3.63) is 53.2 Å². The van der Waals surface area contributed by atoms with Crippen molar-refractivity contribution in [3.8, 4) is 11.5 Å². The van der Waals surface area contributed by atoms with Crippen LogP contribution in [0, 0.1) is 13.8 Å². The zero-order valence-electron chi connectivity index (χ0n) is 17.0. The van der Waals surface area contributed by atoms with Crippen molar-refractivity contribution in [1.82, 2.24) is 29.8 Å². The van der Waals surface area contributed by atoms with Gasteiger partial charge in [-0.3, -0.25) is 4.79 Å². The third kappa shape index (κ3) is 3.90. The molecule has 1 unspecified atom stereocenters. The zero-order valence-corrected chi connectivity index (χ0v) is 17.8. The fourth-order valence-electron chi connectivity index (χ4n) is 3.06. The van der Waals surface area contributed by atoms with E-state index in [0.717, 1.165) is 16.8 Å². The second-order valence-corrected chi connectivity index (χ2v) is 7.47. The molecule has 0 spiro atoms. The Morgan fingerprint density at radius 2 is 1.97 bits per heavy atom. The van der Waals surface area contributed by atoms with E-state index < -0.39 is 12.1 Å². The Morgan fingerprint density at radius 1 is 1.20 bits per heavy atom. The number of aromatic nitrogens is 6. The van der Waals surface area contributed by atoms with Crippen molar-refractivity contribution in [1.29, 1.82) is 0 Å². The molecule has 3 heterocycles. The molecule has 30 heavy (non-hydrogen) atoms. The van der Waals surface area contributed by atoms with Crippen LogP contribution in [0.3, 0.4) is 0 Å². The first-order valence-electron chi connectivity index (χ1n) is 9.31. The Morgan fingerprint density at radius 3 is 2.70 bits per heavy atom. The summed E-state index contributed by atoms with van der Waals surface area (Å²) in [7, 11) is 0. The van der Waals surface area contributed by atoms with E-state index in [2.05, 4.69) is 25.3 Å². The molecule has 0 aliphatic carbocycles. The molecule has 9 nitrogen and oxygen atoms in total. The number of rotatable bonds is 6. The molecule has 1 aromatic carbocycles. The summed E-state index contributed by atoms with van der Waals surface area (Å²) < 4.78 is 12.8. The highest BCUT2D eigenvalue weighted by Gasteiger charge is 2.21. The van der Waals surface area contributed by atoms with Crippen LogP contribution in [-0.2, 0) is 16.0 Å². The van der Waals surface area contributed by atoms with Crippen molar-refractivity contribution in [2.75, 3.05) is 6.26 Å². The summed E-state index contributed by atoms with van der Waals surface area (Å²) in [5.41, 5.74) is 3.08. The van der Waals surface area contributed by atoms with E-state index >= 15 is 0 Å². The second kappa shape index (κ2) is 8.23. The Bertz CT molecular complexity index is 1200. The number of nitrogens with zero attached hydrogens (tertiary/aromatic N) is 6. The number of hydrogen-bond acceptors (Lipinski definition) is 9. The van der Waals surface area contributed by atoms with Crippen LogP contribution in [0.15, 0.2) is 39.9 Å². The lowest BCUT2D eigenvalue weighted by molar-refractivity contribution is -0.148. The molecule has 0 saturated heterocycles. The molecular weight excluding hydrogens is 404 g/mol. The third-order valence-electron chi connectivity index (χ3n) is 4.65. The number of hydrogen-bond donors (Lipinski definition) is 0. The number of carbonyl (C=O) groups excluding carboxylic acids is 1. The topological polar surface area (TPSA) is 108 Å². The van der Waals surface area contributed by atoms with E-state index in [1.807, 2.05) is 50.4 Å². The number of benzene rings is 1. The SMILES string of the molecule is CSc1nc2nc(C)c(CC(=O)OC(C)c3nnc(-c4ccccc4)o3)c(C)n2n1. The summed E-state index contributed by atoms with van der Waals surface area (Å²) in [6.07, 6.45) is 1.28. The minimum Gasteiger partial charge on any atom is -0.452 e. The minimum atomic E-state index is -0.672. The molecule has 0 fully saturated rings. The van der Waals surface area contributed by atoms with Crippen molar-refractivity contribution >= 4 is 23.5 Å². The Hall–Kier alpha value is -3.27. The largest absolute Gasteiger partial charge is 0.452 e. The van der Waals surface area contributed by atoms with Gasteiger partial charge in [0.25, 0.3) is 11.7 Å². The molecule has 0 radical (unpaired) electrons. The van der Waals surface area contributed by atoms with Gasteiger partial charge in [0.15, 0.2) is 6.10 Å². The first-order valence-corrected chi connectivity index (χ1v) is 10.5. The summed E-state index contributed by atoms with van der Waals surface area (Å²) in [6.45, 7) is 5.43. The molecule has 1 atom stereocenters. The summed E-state index contributed by atoms with van der Waals surface area (Å²) in [6, 6.07) is 9.41. The molecule has 154 valence electrons. The summed E-state index contributed by atoms with van der Waals surface area (Å²) >= 11 is 1.44. The van der Waals surface area contributed by atoms with Gasteiger partial charge in [-0.2, -0.15) is 4.98 Å². The third-order valence-corrected chi connectivity index (χ3v) is 5.19. The predicted molar refractivity (Wildman–Crippen MR) is 110 cm³/mol. The quantitative estimate of drug-likeness (QED) is 0.340. The molecule has 0 aliphatic heterocycles. The van der Waals surface area contributed by atoms with Crippen LogP contribution in [0.4, 0.5) is 0 Å². The van der Waals surface area contributed by atoms with Crippen molar-refractivity contribution in [2.45, 2.75) is 38.5 Å². The lowest BCUT2D eigenvalue weighted by atomic mass is 10.1. The van der Waals surface area contributed by atoms with Crippen LogP contribution in [-0.4, -0.2) is 42.0 Å².